The van der Waals surface area contributed by atoms with Crippen LogP contribution in [0, 0.1) is 6.92 Å². The SMILES string of the molecule is COC1(C(=O)NCc2ccc(-n3cc(C4CC4)cn3)nc2)CN(C(N)=NC(C)=CC=Nc2cc(C)[nH]n2)C1. The Hall–Kier alpha value is -4.32. The minimum Gasteiger partial charge on any atom is -0.369 e. The lowest BCUT2D eigenvalue weighted by Gasteiger charge is -2.47. The molecule has 4 N–H and O–H groups in total. The lowest BCUT2D eigenvalue weighted by Crippen LogP contribution is -2.71. The summed E-state index contributed by atoms with van der Waals surface area (Å²) in [5, 5.41) is 14.2. The molecule has 4 heterocycles. The Morgan fingerprint density at radius 2 is 2.16 bits per heavy atom. The molecule has 0 bridgehead atoms. The molecule has 1 amide bonds. The van der Waals surface area contributed by atoms with Gasteiger partial charge in [0.25, 0.3) is 5.91 Å². The second-order valence-corrected chi connectivity index (χ2v) is 9.72. The standard InChI is InChI=1S/C26H32N10O2/c1-17(8-9-28-22-10-18(2)33-34-22)32-25(27)35-15-26(16-35,38-3)24(37)30-12-19-4-7-23(29-11-19)36-14-21(13-31-36)20-5-6-20/h4,7-11,13-14,20H,5-6,12,15-16H2,1-3H3,(H2,27,32)(H,30,37)(H,33,34). The van der Waals surface area contributed by atoms with Crippen molar-refractivity contribution in [2.45, 2.75) is 44.8 Å². The maximum absolute atomic E-state index is 13.0. The normalized spacial score (nSPS) is 17.6. The number of aromatic amines is 1. The summed E-state index contributed by atoms with van der Waals surface area (Å²) in [7, 11) is 1.53. The Balaban J connectivity index is 1.12. The summed E-state index contributed by atoms with van der Waals surface area (Å²) in [4.78, 5) is 27.9. The second-order valence-electron chi connectivity index (χ2n) is 9.72. The van der Waals surface area contributed by atoms with E-state index in [-0.39, 0.29) is 5.91 Å². The third-order valence-electron chi connectivity index (χ3n) is 6.68. The molecule has 0 aromatic carbocycles. The highest BCUT2D eigenvalue weighted by atomic mass is 16.5. The van der Waals surface area contributed by atoms with E-state index in [0.29, 0.717) is 43.0 Å². The summed E-state index contributed by atoms with van der Waals surface area (Å²) in [6.07, 6.45) is 11.5. The van der Waals surface area contributed by atoms with E-state index in [2.05, 4.69) is 35.6 Å². The smallest absolute Gasteiger partial charge is 0.256 e. The van der Waals surface area contributed by atoms with E-state index in [4.69, 9.17) is 10.5 Å². The number of amides is 1. The summed E-state index contributed by atoms with van der Waals surface area (Å²) < 4.78 is 7.38. The number of methoxy groups -OCH3 is 1. The van der Waals surface area contributed by atoms with Crippen molar-refractivity contribution in [3.05, 3.63) is 65.4 Å². The van der Waals surface area contributed by atoms with Crippen molar-refractivity contribution in [1.29, 1.82) is 0 Å². The van der Waals surface area contributed by atoms with Crippen molar-refractivity contribution in [2.24, 2.45) is 15.7 Å². The summed E-state index contributed by atoms with van der Waals surface area (Å²) in [6, 6.07) is 5.67. The number of hydrogen-bond acceptors (Lipinski definition) is 7. The average Bonchev–Trinajstić information content (AvgIpc) is 3.46. The zero-order chi connectivity index (χ0) is 26.7. The van der Waals surface area contributed by atoms with Crippen molar-refractivity contribution in [3.63, 3.8) is 0 Å². The maximum atomic E-state index is 13.0. The van der Waals surface area contributed by atoms with Crippen LogP contribution in [0.1, 0.15) is 42.5 Å². The maximum Gasteiger partial charge on any atom is 0.256 e. The fourth-order valence-electron chi connectivity index (χ4n) is 4.17. The number of rotatable bonds is 9. The highest BCUT2D eigenvalue weighted by Crippen LogP contribution is 2.39. The van der Waals surface area contributed by atoms with Crippen LogP contribution in [0.15, 0.2) is 58.5 Å². The number of pyridine rings is 1. The number of ether oxygens (including phenoxy) is 1. The minimum absolute atomic E-state index is 0.206. The Bertz CT molecular complexity index is 1370. The van der Waals surface area contributed by atoms with Gasteiger partial charge in [0.05, 0.1) is 19.3 Å². The third kappa shape index (κ3) is 5.65. The fraction of sp³-hybridized carbons (Fsp3) is 0.385. The molecular formula is C26H32N10O2. The average molecular weight is 517 g/mol. The van der Waals surface area contributed by atoms with Crippen molar-refractivity contribution in [2.75, 3.05) is 20.2 Å². The second kappa shape index (κ2) is 10.6. The number of nitrogens with two attached hydrogens (primary N) is 1. The molecule has 12 nitrogen and oxygen atoms in total. The first-order valence-corrected chi connectivity index (χ1v) is 12.5. The van der Waals surface area contributed by atoms with E-state index in [1.165, 1.54) is 25.5 Å². The Kier molecular flexibility index (Phi) is 7.05. The predicted molar refractivity (Wildman–Crippen MR) is 143 cm³/mol. The zero-order valence-electron chi connectivity index (χ0n) is 21.8. The van der Waals surface area contributed by atoms with Gasteiger partial charge < -0.3 is 20.7 Å². The molecule has 0 atom stereocenters. The van der Waals surface area contributed by atoms with Crippen LogP contribution in [0.4, 0.5) is 5.82 Å². The largest absolute Gasteiger partial charge is 0.369 e. The zero-order valence-corrected chi connectivity index (χ0v) is 21.8. The van der Waals surface area contributed by atoms with Crippen molar-refractivity contribution < 1.29 is 9.53 Å². The van der Waals surface area contributed by atoms with Gasteiger partial charge in [-0.1, -0.05) is 6.07 Å². The molecule has 1 aliphatic carbocycles. The summed E-state index contributed by atoms with van der Waals surface area (Å²) in [5.41, 5.74) is 8.92. The van der Waals surface area contributed by atoms with Crippen LogP contribution in [0.2, 0.25) is 0 Å². The molecule has 2 aliphatic rings. The first-order chi connectivity index (χ1) is 18.3. The van der Waals surface area contributed by atoms with Crippen molar-refractivity contribution in [1.82, 2.24) is 35.2 Å². The van der Waals surface area contributed by atoms with Gasteiger partial charge in [0.1, 0.15) is 0 Å². The summed E-state index contributed by atoms with van der Waals surface area (Å²) in [5.74, 6) is 2.09. The highest BCUT2D eigenvalue weighted by Gasteiger charge is 2.50. The molecule has 3 aromatic heterocycles. The fourth-order valence-corrected chi connectivity index (χ4v) is 4.17. The predicted octanol–water partition coefficient (Wildman–Crippen LogP) is 2.11. The number of aliphatic imine (C=N–C) groups is 2. The van der Waals surface area contributed by atoms with Gasteiger partial charge in [-0.2, -0.15) is 10.2 Å². The summed E-state index contributed by atoms with van der Waals surface area (Å²) in [6.45, 7) is 4.68. The molecule has 5 rings (SSSR count). The van der Waals surface area contributed by atoms with Crippen LogP contribution in [-0.2, 0) is 16.1 Å². The number of carbonyl (C=O) groups is 1. The molecule has 1 aliphatic heterocycles. The summed E-state index contributed by atoms with van der Waals surface area (Å²) >= 11 is 0. The Morgan fingerprint density at radius 1 is 1.34 bits per heavy atom. The van der Waals surface area contributed by atoms with Gasteiger partial charge in [-0.3, -0.25) is 9.89 Å². The molecule has 3 aromatic rings. The first kappa shape index (κ1) is 25.3. The van der Waals surface area contributed by atoms with E-state index in [0.717, 1.165) is 17.1 Å². The van der Waals surface area contributed by atoms with E-state index < -0.39 is 5.60 Å². The van der Waals surface area contributed by atoms with E-state index in [9.17, 15) is 4.79 Å². The van der Waals surface area contributed by atoms with Crippen LogP contribution in [0.3, 0.4) is 0 Å². The van der Waals surface area contributed by atoms with Gasteiger partial charge in [0, 0.05) is 49.7 Å². The molecule has 38 heavy (non-hydrogen) atoms. The van der Waals surface area contributed by atoms with Crippen LogP contribution < -0.4 is 11.1 Å². The van der Waals surface area contributed by atoms with E-state index in [1.807, 2.05) is 44.4 Å². The number of aromatic nitrogens is 5. The van der Waals surface area contributed by atoms with Crippen LogP contribution in [0.5, 0.6) is 0 Å². The lowest BCUT2D eigenvalue weighted by atomic mass is 9.93. The Labute approximate surface area is 220 Å². The third-order valence-corrected chi connectivity index (χ3v) is 6.68. The van der Waals surface area contributed by atoms with Crippen molar-refractivity contribution in [3.8, 4) is 5.82 Å². The minimum atomic E-state index is -0.987. The van der Waals surface area contributed by atoms with Gasteiger partial charge in [-0.05, 0) is 55.9 Å². The number of guanidine groups is 1. The lowest BCUT2D eigenvalue weighted by molar-refractivity contribution is -0.159. The highest BCUT2D eigenvalue weighted by molar-refractivity contribution is 5.91. The molecule has 1 saturated carbocycles. The van der Waals surface area contributed by atoms with Gasteiger partial charge in [0.15, 0.2) is 23.2 Å². The van der Waals surface area contributed by atoms with Crippen LogP contribution in [-0.4, -0.2) is 73.7 Å². The quantitative estimate of drug-likeness (QED) is 0.291. The van der Waals surface area contributed by atoms with Gasteiger partial charge in [-0.15, -0.1) is 0 Å². The number of likely N-dealkylation sites (tertiary alicyclic amines) is 1. The molecule has 2 fully saturated rings. The molecule has 198 valence electrons. The molecule has 0 radical (unpaired) electrons. The van der Waals surface area contributed by atoms with Gasteiger partial charge in [-0.25, -0.2) is 19.7 Å². The molecule has 12 heteroatoms. The number of aryl methyl sites for hydroxylation is 1. The molecular weight excluding hydrogens is 484 g/mol. The number of hydrogen-bond donors (Lipinski definition) is 3. The van der Waals surface area contributed by atoms with E-state index >= 15 is 0 Å². The van der Waals surface area contributed by atoms with Crippen molar-refractivity contribution >= 4 is 23.9 Å². The first-order valence-electron chi connectivity index (χ1n) is 12.5. The number of carbonyl (C=O) groups excluding carboxylic acids is 1. The van der Waals surface area contributed by atoms with Crippen LogP contribution >= 0.6 is 0 Å². The number of H-pyrrole nitrogens is 1. The molecule has 0 unspecified atom stereocenters. The monoisotopic (exact) mass is 516 g/mol. The topological polar surface area (TPSA) is 152 Å². The Morgan fingerprint density at radius 3 is 2.82 bits per heavy atom. The van der Waals surface area contributed by atoms with Gasteiger partial charge in [0.2, 0.25) is 0 Å². The van der Waals surface area contributed by atoms with Gasteiger partial charge >= 0.3 is 0 Å². The van der Waals surface area contributed by atoms with Crippen LogP contribution in [0.25, 0.3) is 5.82 Å². The number of nitrogens with zero attached hydrogens (tertiary/aromatic N) is 7. The van der Waals surface area contributed by atoms with E-state index in [1.54, 1.807) is 28.1 Å². The molecule has 0 spiro atoms. The number of allylic oxidation sites excluding steroid dienone is 2. The molecule has 1 saturated heterocycles. The number of nitrogens with one attached hydrogen (secondary N) is 2.